The van der Waals surface area contributed by atoms with Crippen LogP contribution in [0.15, 0.2) is 59.7 Å². The molecule has 2 N–H and O–H groups in total. The fourth-order valence-electron chi connectivity index (χ4n) is 6.98. The molecule has 12 nitrogen and oxygen atoms in total. The number of carbonyl (C=O) groups excluding carboxylic acids is 3. The average Bonchev–Trinajstić information content (AvgIpc) is 3.87. The second-order valence-electron chi connectivity index (χ2n) is 13.0. The number of rotatable bonds is 10. The highest BCUT2D eigenvalue weighted by molar-refractivity contribution is 6.39. The van der Waals surface area contributed by atoms with E-state index in [-0.39, 0.29) is 29.5 Å². The lowest BCUT2D eigenvalue weighted by molar-refractivity contribution is -0.120. The monoisotopic (exact) mass is 726 g/mol. The number of nitrogens with one attached hydrogen (secondary N) is 2. The number of imidazole rings is 2. The Kier molecular flexibility index (Phi) is 9.30. The molecule has 2 atom stereocenters. The predicted molar refractivity (Wildman–Crippen MR) is 197 cm³/mol. The molecule has 3 amide bonds. The molecule has 262 valence electrons. The Morgan fingerprint density at radius 3 is 2.02 bits per heavy atom. The standard InChI is InChI=1S/C37H36Cl2N8O4/c1-21-28(14-16-46(20-48)18-22-10-12-30(49)41-22)44(2)35(40-21)26-8-4-6-24(32(26)38)25-7-5-9-27(33(25)39)36-43-34-29(45(36)3)15-17-47(37(34)51)19-23-11-13-31(50)42-23/h4-9,14-17,20,22-23H,10-13,18-19H2,1-3H3,(H,41,49)(H,42,50)/b16-14-. The van der Waals surface area contributed by atoms with Crippen molar-refractivity contribution in [2.45, 2.75) is 51.2 Å². The molecule has 3 aromatic heterocycles. The highest BCUT2D eigenvalue weighted by Crippen LogP contribution is 2.42. The lowest BCUT2D eigenvalue weighted by atomic mass is 10.00. The first-order chi connectivity index (χ1) is 24.5. The number of hydrogen-bond acceptors (Lipinski definition) is 6. The van der Waals surface area contributed by atoms with Gasteiger partial charge in [-0.1, -0.05) is 47.5 Å². The van der Waals surface area contributed by atoms with Crippen molar-refractivity contribution in [3.63, 3.8) is 0 Å². The van der Waals surface area contributed by atoms with Crippen LogP contribution in [0.1, 0.15) is 37.1 Å². The highest BCUT2D eigenvalue weighted by Gasteiger charge is 2.25. The zero-order valence-electron chi connectivity index (χ0n) is 28.3. The SMILES string of the molecule is Cc1nc(-c2cccc(-c3cccc(-c4nc5c(=O)n(CC6CCC(=O)N6)ccc5n4C)c3Cl)c2Cl)n(C)c1/C=C\N(C=O)CC1CCC(=O)N1. The molecular weight excluding hydrogens is 691 g/mol. The molecule has 2 aromatic carbocycles. The van der Waals surface area contributed by atoms with E-state index in [2.05, 4.69) is 10.6 Å². The molecule has 51 heavy (non-hydrogen) atoms. The Morgan fingerprint density at radius 2 is 1.43 bits per heavy atom. The minimum Gasteiger partial charge on any atom is -0.352 e. The van der Waals surface area contributed by atoms with Gasteiger partial charge in [0.1, 0.15) is 11.6 Å². The summed E-state index contributed by atoms with van der Waals surface area (Å²) in [7, 11) is 3.73. The van der Waals surface area contributed by atoms with E-state index >= 15 is 0 Å². The van der Waals surface area contributed by atoms with Crippen molar-refractivity contribution in [2.24, 2.45) is 14.1 Å². The molecule has 2 saturated heterocycles. The van der Waals surface area contributed by atoms with E-state index in [9.17, 15) is 19.2 Å². The quantitative estimate of drug-likeness (QED) is 0.193. The summed E-state index contributed by atoms with van der Waals surface area (Å²) in [5.74, 6) is 1.16. The van der Waals surface area contributed by atoms with Gasteiger partial charge in [-0.2, -0.15) is 0 Å². The van der Waals surface area contributed by atoms with Crippen LogP contribution in [0.2, 0.25) is 10.0 Å². The summed E-state index contributed by atoms with van der Waals surface area (Å²) < 4.78 is 5.36. The van der Waals surface area contributed by atoms with Gasteiger partial charge in [0.2, 0.25) is 18.2 Å². The van der Waals surface area contributed by atoms with E-state index in [1.165, 1.54) is 4.90 Å². The van der Waals surface area contributed by atoms with Gasteiger partial charge in [-0.15, -0.1) is 0 Å². The van der Waals surface area contributed by atoms with Crippen molar-refractivity contribution in [1.29, 1.82) is 0 Å². The summed E-state index contributed by atoms with van der Waals surface area (Å²) in [4.78, 5) is 59.7. The summed E-state index contributed by atoms with van der Waals surface area (Å²) >= 11 is 14.3. The molecule has 0 bridgehead atoms. The molecule has 5 heterocycles. The van der Waals surface area contributed by atoms with Crippen LogP contribution in [0.4, 0.5) is 0 Å². The Bertz CT molecular complexity index is 2310. The van der Waals surface area contributed by atoms with Crippen LogP contribution < -0.4 is 16.2 Å². The number of amides is 3. The number of hydrogen-bond donors (Lipinski definition) is 2. The van der Waals surface area contributed by atoms with Crippen LogP contribution >= 0.6 is 23.2 Å². The van der Waals surface area contributed by atoms with E-state index in [4.69, 9.17) is 33.2 Å². The third-order valence-corrected chi connectivity index (χ3v) is 10.5. The summed E-state index contributed by atoms with van der Waals surface area (Å²) in [6.45, 7) is 2.65. The first-order valence-electron chi connectivity index (χ1n) is 16.7. The maximum absolute atomic E-state index is 13.5. The summed E-state index contributed by atoms with van der Waals surface area (Å²) in [6.07, 6.45) is 8.30. The largest absolute Gasteiger partial charge is 0.352 e. The van der Waals surface area contributed by atoms with E-state index in [0.29, 0.717) is 93.8 Å². The number of carbonyl (C=O) groups is 3. The van der Waals surface area contributed by atoms with Gasteiger partial charge in [-0.05, 0) is 44.0 Å². The Balaban J connectivity index is 1.20. The van der Waals surface area contributed by atoms with Gasteiger partial charge in [0.25, 0.3) is 5.56 Å². The molecule has 2 aliphatic rings. The van der Waals surface area contributed by atoms with Gasteiger partial charge in [0, 0.05) is 86.8 Å². The first kappa shape index (κ1) is 34.3. The normalized spacial score (nSPS) is 17.4. The summed E-state index contributed by atoms with van der Waals surface area (Å²) in [5.41, 5.74) is 5.01. The highest BCUT2D eigenvalue weighted by atomic mass is 35.5. The second kappa shape index (κ2) is 13.8. The Morgan fingerprint density at radius 1 is 0.843 bits per heavy atom. The number of aryl methyl sites for hydroxylation is 2. The molecule has 2 aliphatic heterocycles. The third kappa shape index (κ3) is 6.45. The molecule has 0 saturated carbocycles. The van der Waals surface area contributed by atoms with Crippen molar-refractivity contribution < 1.29 is 14.4 Å². The zero-order valence-corrected chi connectivity index (χ0v) is 29.8. The van der Waals surface area contributed by atoms with E-state index < -0.39 is 0 Å². The van der Waals surface area contributed by atoms with Gasteiger partial charge in [-0.3, -0.25) is 19.2 Å². The zero-order chi connectivity index (χ0) is 36.0. The first-order valence-corrected chi connectivity index (χ1v) is 17.4. The molecule has 2 fully saturated rings. The number of benzene rings is 2. The number of fused-ring (bicyclic) bond motifs is 1. The van der Waals surface area contributed by atoms with Gasteiger partial charge in [0.15, 0.2) is 5.52 Å². The summed E-state index contributed by atoms with van der Waals surface area (Å²) in [6, 6.07) is 13.0. The van der Waals surface area contributed by atoms with E-state index in [0.717, 1.165) is 17.8 Å². The third-order valence-electron chi connectivity index (χ3n) is 9.69. The maximum atomic E-state index is 13.5. The van der Waals surface area contributed by atoms with Crippen molar-refractivity contribution in [3.05, 3.63) is 86.6 Å². The number of aromatic nitrogens is 5. The van der Waals surface area contributed by atoms with Crippen LogP contribution in [0.3, 0.4) is 0 Å². The minimum absolute atomic E-state index is 0.00122. The van der Waals surface area contributed by atoms with Crippen molar-refractivity contribution in [2.75, 3.05) is 6.54 Å². The number of nitrogens with zero attached hydrogens (tertiary/aromatic N) is 6. The van der Waals surface area contributed by atoms with E-state index in [1.807, 2.05) is 78.7 Å². The van der Waals surface area contributed by atoms with Gasteiger partial charge in [0.05, 0.1) is 26.9 Å². The van der Waals surface area contributed by atoms with Crippen LogP contribution in [-0.2, 0) is 35.0 Å². The molecule has 14 heteroatoms. The van der Waals surface area contributed by atoms with Gasteiger partial charge >= 0.3 is 0 Å². The lowest BCUT2D eigenvalue weighted by Crippen LogP contribution is -2.35. The molecular formula is C37H36Cl2N8O4. The number of pyridine rings is 1. The maximum Gasteiger partial charge on any atom is 0.278 e. The van der Waals surface area contributed by atoms with Crippen LogP contribution in [0.5, 0.6) is 0 Å². The van der Waals surface area contributed by atoms with Gasteiger partial charge < -0.3 is 29.2 Å². The molecule has 0 aliphatic carbocycles. The van der Waals surface area contributed by atoms with Crippen LogP contribution in [0, 0.1) is 6.92 Å². The Hall–Kier alpha value is -5.20. The van der Waals surface area contributed by atoms with Gasteiger partial charge in [-0.25, -0.2) is 9.97 Å². The van der Waals surface area contributed by atoms with Crippen molar-refractivity contribution in [3.8, 4) is 33.9 Å². The van der Waals surface area contributed by atoms with Crippen molar-refractivity contribution >= 4 is 58.5 Å². The predicted octanol–water partition coefficient (Wildman–Crippen LogP) is 5.07. The fraction of sp³-hybridized carbons (Fsp3) is 0.297. The molecule has 0 spiro atoms. The average molecular weight is 728 g/mol. The Labute approximate surface area is 303 Å². The molecule has 7 rings (SSSR count). The lowest BCUT2D eigenvalue weighted by Gasteiger charge is -2.17. The smallest absolute Gasteiger partial charge is 0.278 e. The topological polar surface area (TPSA) is 136 Å². The molecule has 5 aromatic rings. The fourth-order valence-corrected chi connectivity index (χ4v) is 7.61. The minimum atomic E-state index is -0.237. The second-order valence-corrected chi connectivity index (χ2v) is 13.8. The molecule has 0 radical (unpaired) electrons. The van der Waals surface area contributed by atoms with Crippen LogP contribution in [-0.4, -0.2) is 65.4 Å². The molecule has 2 unspecified atom stereocenters. The number of halogens is 2. The summed E-state index contributed by atoms with van der Waals surface area (Å²) in [5, 5.41) is 6.69. The van der Waals surface area contributed by atoms with Crippen molar-refractivity contribution in [1.82, 2.24) is 39.2 Å². The van der Waals surface area contributed by atoms with Crippen LogP contribution in [0.25, 0.3) is 51.0 Å². The van der Waals surface area contributed by atoms with E-state index in [1.54, 1.807) is 17.0 Å².